The van der Waals surface area contributed by atoms with E-state index >= 15 is 0 Å². The molecule has 1 aliphatic heterocycles. The van der Waals surface area contributed by atoms with Gasteiger partial charge in [-0.25, -0.2) is 0 Å². The molecule has 1 fully saturated rings. The summed E-state index contributed by atoms with van der Waals surface area (Å²) in [5.74, 6) is -0.209. The normalized spacial score (nSPS) is 22.2. The van der Waals surface area contributed by atoms with Gasteiger partial charge in [0.1, 0.15) is 0 Å². The summed E-state index contributed by atoms with van der Waals surface area (Å²) in [6.45, 7) is 5.03. The third-order valence-electron chi connectivity index (χ3n) is 4.95. The van der Waals surface area contributed by atoms with Gasteiger partial charge < -0.3 is 15.4 Å². The summed E-state index contributed by atoms with van der Waals surface area (Å²) in [6.07, 6.45) is 0.0315. The summed E-state index contributed by atoms with van der Waals surface area (Å²) in [6, 6.07) is 19.5. The van der Waals surface area contributed by atoms with Crippen molar-refractivity contribution in [3.63, 3.8) is 0 Å². The van der Waals surface area contributed by atoms with E-state index in [4.69, 9.17) is 10.5 Å². The number of morpholine rings is 1. The van der Waals surface area contributed by atoms with Crippen molar-refractivity contribution in [2.45, 2.75) is 32.0 Å². The van der Waals surface area contributed by atoms with Crippen LogP contribution in [0.5, 0.6) is 0 Å². The molecule has 1 heterocycles. The highest BCUT2D eigenvalue weighted by atomic mass is 35.5. The Morgan fingerprint density at radius 1 is 1.12 bits per heavy atom. The van der Waals surface area contributed by atoms with Crippen molar-refractivity contribution in [2.75, 3.05) is 13.2 Å². The van der Waals surface area contributed by atoms with E-state index in [1.165, 1.54) is 0 Å². The minimum atomic E-state index is -0.316. The minimum absolute atomic E-state index is 0. The molecule has 0 spiro atoms. The first kappa shape index (κ1) is 20.4. The monoisotopic (exact) mass is 374 g/mol. The lowest BCUT2D eigenvalue weighted by atomic mass is 9.92. The summed E-state index contributed by atoms with van der Waals surface area (Å²) in [7, 11) is 0. The SMILES string of the molecule is CC1CN(C(=O)C(C)C(N)c2ccccc2)C(c2ccccc2)CO1.Cl. The topological polar surface area (TPSA) is 55.6 Å². The fourth-order valence-corrected chi connectivity index (χ4v) is 3.38. The molecule has 1 amide bonds. The molecule has 4 unspecified atom stereocenters. The second-order valence-corrected chi connectivity index (χ2v) is 6.79. The number of halogens is 1. The molecular weight excluding hydrogens is 348 g/mol. The summed E-state index contributed by atoms with van der Waals surface area (Å²) >= 11 is 0. The van der Waals surface area contributed by atoms with Crippen molar-refractivity contribution in [1.82, 2.24) is 4.90 Å². The van der Waals surface area contributed by atoms with Gasteiger partial charge in [0.15, 0.2) is 0 Å². The molecule has 2 aromatic carbocycles. The Morgan fingerprint density at radius 2 is 1.69 bits per heavy atom. The van der Waals surface area contributed by atoms with E-state index in [-0.39, 0.29) is 42.4 Å². The fraction of sp³-hybridized carbons (Fsp3) is 0.381. The van der Waals surface area contributed by atoms with Gasteiger partial charge in [-0.05, 0) is 18.1 Å². The molecule has 140 valence electrons. The van der Waals surface area contributed by atoms with Gasteiger partial charge in [-0.1, -0.05) is 67.6 Å². The fourth-order valence-electron chi connectivity index (χ4n) is 3.38. The van der Waals surface area contributed by atoms with Crippen molar-refractivity contribution in [1.29, 1.82) is 0 Å². The molecule has 26 heavy (non-hydrogen) atoms. The van der Waals surface area contributed by atoms with Crippen LogP contribution in [0.15, 0.2) is 60.7 Å². The predicted molar refractivity (Wildman–Crippen MR) is 106 cm³/mol. The Kier molecular flexibility index (Phi) is 7.21. The average Bonchev–Trinajstić information content (AvgIpc) is 2.67. The third kappa shape index (κ3) is 4.44. The molecule has 4 nitrogen and oxygen atoms in total. The molecular formula is C21H27ClN2O2. The summed E-state index contributed by atoms with van der Waals surface area (Å²) in [5, 5.41) is 0. The van der Waals surface area contributed by atoms with Crippen molar-refractivity contribution >= 4 is 18.3 Å². The maximum Gasteiger partial charge on any atom is 0.228 e. The second kappa shape index (κ2) is 9.17. The number of amides is 1. The van der Waals surface area contributed by atoms with Gasteiger partial charge in [-0.15, -0.1) is 12.4 Å². The van der Waals surface area contributed by atoms with Crippen LogP contribution < -0.4 is 5.73 Å². The Labute approximate surface area is 161 Å². The van der Waals surface area contributed by atoms with Gasteiger partial charge in [-0.2, -0.15) is 0 Å². The highest BCUT2D eigenvalue weighted by molar-refractivity contribution is 5.85. The zero-order chi connectivity index (χ0) is 17.8. The number of ether oxygens (including phenoxy) is 1. The van der Waals surface area contributed by atoms with Crippen molar-refractivity contribution in [3.8, 4) is 0 Å². The number of hydrogen-bond acceptors (Lipinski definition) is 3. The van der Waals surface area contributed by atoms with Crippen LogP contribution in [0.1, 0.15) is 37.1 Å². The maximum atomic E-state index is 13.2. The number of carbonyl (C=O) groups excluding carboxylic acids is 1. The largest absolute Gasteiger partial charge is 0.374 e. The average molecular weight is 375 g/mol. The lowest BCUT2D eigenvalue weighted by Crippen LogP contribution is -2.49. The Morgan fingerprint density at radius 3 is 2.31 bits per heavy atom. The standard InChI is InChI=1S/C21H26N2O2.ClH/c1-15-13-23(19(14-25-15)17-9-5-3-6-10-17)21(24)16(2)20(22)18-11-7-4-8-12-18;/h3-12,15-16,19-20H,13-14,22H2,1-2H3;1H. The number of nitrogens with zero attached hydrogens (tertiary/aromatic N) is 1. The zero-order valence-electron chi connectivity index (χ0n) is 15.2. The Balaban J connectivity index is 0.00000243. The van der Waals surface area contributed by atoms with Crippen LogP contribution in [0.2, 0.25) is 0 Å². The lowest BCUT2D eigenvalue weighted by molar-refractivity contribution is -0.149. The lowest BCUT2D eigenvalue weighted by Gasteiger charge is -2.41. The molecule has 1 saturated heterocycles. The van der Waals surface area contributed by atoms with Gasteiger partial charge >= 0.3 is 0 Å². The highest BCUT2D eigenvalue weighted by Gasteiger charge is 2.35. The molecule has 1 aliphatic rings. The summed E-state index contributed by atoms with van der Waals surface area (Å²) < 4.78 is 5.82. The third-order valence-corrected chi connectivity index (χ3v) is 4.95. The highest BCUT2D eigenvalue weighted by Crippen LogP contribution is 2.30. The van der Waals surface area contributed by atoms with Crippen LogP contribution in [0.3, 0.4) is 0 Å². The van der Waals surface area contributed by atoms with E-state index in [1.54, 1.807) is 0 Å². The molecule has 5 heteroatoms. The van der Waals surface area contributed by atoms with Crippen molar-refractivity contribution in [2.24, 2.45) is 11.7 Å². The van der Waals surface area contributed by atoms with Crippen LogP contribution in [0.25, 0.3) is 0 Å². The van der Waals surface area contributed by atoms with Crippen molar-refractivity contribution in [3.05, 3.63) is 71.8 Å². The van der Waals surface area contributed by atoms with Crippen LogP contribution >= 0.6 is 12.4 Å². The molecule has 2 aromatic rings. The molecule has 3 rings (SSSR count). The number of hydrogen-bond donors (Lipinski definition) is 1. The zero-order valence-corrected chi connectivity index (χ0v) is 16.1. The predicted octanol–water partition coefficient (Wildman–Crippen LogP) is 3.73. The van der Waals surface area contributed by atoms with E-state index in [0.29, 0.717) is 13.2 Å². The van der Waals surface area contributed by atoms with Gasteiger partial charge in [0.2, 0.25) is 5.91 Å². The van der Waals surface area contributed by atoms with E-state index in [0.717, 1.165) is 11.1 Å². The van der Waals surface area contributed by atoms with Gasteiger partial charge in [0, 0.05) is 12.6 Å². The first-order chi connectivity index (χ1) is 12.1. The molecule has 0 radical (unpaired) electrons. The Hall–Kier alpha value is -1.88. The molecule has 0 saturated carbocycles. The van der Waals surface area contributed by atoms with Crippen LogP contribution in [0.4, 0.5) is 0 Å². The maximum absolute atomic E-state index is 13.2. The molecule has 0 aromatic heterocycles. The first-order valence-electron chi connectivity index (χ1n) is 8.85. The number of rotatable bonds is 4. The van der Waals surface area contributed by atoms with Crippen LogP contribution in [-0.4, -0.2) is 30.1 Å². The van der Waals surface area contributed by atoms with Gasteiger partial charge in [0.25, 0.3) is 0 Å². The Bertz CT molecular complexity index is 696. The summed E-state index contributed by atoms with van der Waals surface area (Å²) in [5.41, 5.74) is 8.47. The van der Waals surface area contributed by atoms with E-state index in [1.807, 2.05) is 79.4 Å². The number of benzene rings is 2. The molecule has 4 atom stereocenters. The minimum Gasteiger partial charge on any atom is -0.374 e. The van der Waals surface area contributed by atoms with E-state index < -0.39 is 0 Å². The number of carbonyl (C=O) groups is 1. The van der Waals surface area contributed by atoms with Crippen LogP contribution in [0, 0.1) is 5.92 Å². The molecule has 0 bridgehead atoms. The quantitative estimate of drug-likeness (QED) is 0.887. The smallest absolute Gasteiger partial charge is 0.228 e. The summed E-state index contributed by atoms with van der Waals surface area (Å²) in [4.78, 5) is 15.2. The van der Waals surface area contributed by atoms with E-state index in [9.17, 15) is 4.79 Å². The molecule has 0 aliphatic carbocycles. The van der Waals surface area contributed by atoms with Crippen LogP contribution in [-0.2, 0) is 9.53 Å². The van der Waals surface area contributed by atoms with Crippen molar-refractivity contribution < 1.29 is 9.53 Å². The van der Waals surface area contributed by atoms with Gasteiger partial charge in [-0.3, -0.25) is 4.79 Å². The first-order valence-corrected chi connectivity index (χ1v) is 8.85. The second-order valence-electron chi connectivity index (χ2n) is 6.79. The molecule has 2 N–H and O–H groups in total. The number of nitrogens with two attached hydrogens (primary N) is 1. The van der Waals surface area contributed by atoms with E-state index in [2.05, 4.69) is 0 Å². The van der Waals surface area contributed by atoms with Gasteiger partial charge in [0.05, 0.1) is 24.7 Å².